The number of rotatable bonds is 3. The van der Waals surface area contributed by atoms with Gasteiger partial charge in [0, 0.05) is 8.95 Å². The number of H-pyrrole nitrogens is 2. The van der Waals surface area contributed by atoms with E-state index in [-0.39, 0.29) is 11.6 Å². The molecule has 0 aliphatic carbocycles. The lowest BCUT2D eigenvalue weighted by Crippen LogP contribution is -2.13. The number of imidazole rings is 2. The molecule has 8 heteroatoms. The standard InChI is InChI=1S/C16H12Br2N4O2/c17-7-1-3-9-11(5-7)21-15(19-9)13(23)14(24)16-20-10-4-2-8(18)6-12(10)22-16/h1-6,13-14,23-24H,(H,19,21)(H,20,22)/t13-,14-/m0/s1. The Bertz CT molecular complexity index is 959. The molecular weight excluding hydrogens is 440 g/mol. The van der Waals surface area contributed by atoms with Gasteiger partial charge in [-0.3, -0.25) is 0 Å². The van der Waals surface area contributed by atoms with E-state index < -0.39 is 12.2 Å². The number of benzene rings is 2. The molecule has 0 aliphatic rings. The van der Waals surface area contributed by atoms with Crippen LogP contribution in [0.2, 0.25) is 0 Å². The molecule has 2 heterocycles. The Labute approximate surface area is 153 Å². The summed E-state index contributed by atoms with van der Waals surface area (Å²) in [5.74, 6) is 0.578. The van der Waals surface area contributed by atoms with Crippen molar-refractivity contribution in [1.29, 1.82) is 0 Å². The van der Waals surface area contributed by atoms with Crippen molar-refractivity contribution in [2.45, 2.75) is 12.2 Å². The summed E-state index contributed by atoms with van der Waals surface area (Å²) in [6, 6.07) is 11.1. The Kier molecular flexibility index (Phi) is 3.92. The first kappa shape index (κ1) is 15.8. The van der Waals surface area contributed by atoms with Gasteiger partial charge in [-0.2, -0.15) is 0 Å². The van der Waals surface area contributed by atoms with E-state index in [4.69, 9.17) is 0 Å². The first-order chi connectivity index (χ1) is 11.5. The maximum atomic E-state index is 10.5. The van der Waals surface area contributed by atoms with Crippen molar-refractivity contribution in [3.63, 3.8) is 0 Å². The minimum absolute atomic E-state index is 0.289. The van der Waals surface area contributed by atoms with Crippen LogP contribution in [0.25, 0.3) is 22.1 Å². The van der Waals surface area contributed by atoms with Crippen molar-refractivity contribution in [3.8, 4) is 0 Å². The molecule has 0 fully saturated rings. The second-order valence-corrected chi connectivity index (χ2v) is 7.29. The summed E-state index contributed by atoms with van der Waals surface area (Å²) in [5, 5.41) is 20.9. The van der Waals surface area contributed by atoms with Crippen molar-refractivity contribution in [1.82, 2.24) is 19.9 Å². The maximum absolute atomic E-state index is 10.5. The third kappa shape index (κ3) is 2.75. The number of aromatic nitrogens is 4. The van der Waals surface area contributed by atoms with Gasteiger partial charge in [0.1, 0.15) is 23.9 Å². The first-order valence-electron chi connectivity index (χ1n) is 7.18. The van der Waals surface area contributed by atoms with E-state index in [0.29, 0.717) is 11.0 Å². The molecule has 0 radical (unpaired) electrons. The van der Waals surface area contributed by atoms with Gasteiger partial charge in [-0.05, 0) is 36.4 Å². The van der Waals surface area contributed by atoms with Crippen molar-refractivity contribution >= 4 is 53.9 Å². The molecule has 4 rings (SSSR count). The number of halogens is 2. The zero-order chi connectivity index (χ0) is 16.8. The van der Waals surface area contributed by atoms with Gasteiger partial charge >= 0.3 is 0 Å². The average molecular weight is 452 g/mol. The fraction of sp³-hybridized carbons (Fsp3) is 0.125. The lowest BCUT2D eigenvalue weighted by Gasteiger charge is -2.13. The molecule has 0 bridgehead atoms. The summed E-state index contributed by atoms with van der Waals surface area (Å²) in [5.41, 5.74) is 2.99. The monoisotopic (exact) mass is 450 g/mol. The smallest absolute Gasteiger partial charge is 0.145 e. The molecule has 0 unspecified atom stereocenters. The highest BCUT2D eigenvalue weighted by Crippen LogP contribution is 2.29. The van der Waals surface area contributed by atoms with Gasteiger partial charge < -0.3 is 20.2 Å². The number of aliphatic hydroxyl groups excluding tert-OH is 2. The average Bonchev–Trinajstić information content (AvgIpc) is 3.16. The minimum atomic E-state index is -1.22. The van der Waals surface area contributed by atoms with Crippen molar-refractivity contribution in [2.24, 2.45) is 0 Å². The van der Waals surface area contributed by atoms with E-state index in [2.05, 4.69) is 51.8 Å². The summed E-state index contributed by atoms with van der Waals surface area (Å²) in [7, 11) is 0. The Balaban J connectivity index is 1.69. The summed E-state index contributed by atoms with van der Waals surface area (Å²) in [4.78, 5) is 14.7. The molecule has 122 valence electrons. The van der Waals surface area contributed by atoms with Crippen LogP contribution in [0, 0.1) is 0 Å². The van der Waals surface area contributed by atoms with Crippen LogP contribution >= 0.6 is 31.9 Å². The van der Waals surface area contributed by atoms with Crippen LogP contribution < -0.4 is 0 Å². The van der Waals surface area contributed by atoms with Gasteiger partial charge in [0.15, 0.2) is 0 Å². The Morgan fingerprint density at radius 1 is 0.750 bits per heavy atom. The van der Waals surface area contributed by atoms with Crippen LogP contribution in [-0.4, -0.2) is 30.1 Å². The van der Waals surface area contributed by atoms with Crippen LogP contribution in [0.1, 0.15) is 23.9 Å². The Morgan fingerprint density at radius 2 is 1.17 bits per heavy atom. The van der Waals surface area contributed by atoms with Gasteiger partial charge in [-0.15, -0.1) is 0 Å². The third-order valence-electron chi connectivity index (χ3n) is 3.78. The molecule has 2 aromatic heterocycles. The number of aromatic amines is 2. The lowest BCUT2D eigenvalue weighted by atomic mass is 10.2. The number of hydrogen-bond donors (Lipinski definition) is 4. The van der Waals surface area contributed by atoms with Gasteiger partial charge in [0.25, 0.3) is 0 Å². The molecule has 2 atom stereocenters. The Morgan fingerprint density at radius 3 is 1.58 bits per heavy atom. The highest BCUT2D eigenvalue weighted by Gasteiger charge is 2.26. The van der Waals surface area contributed by atoms with Gasteiger partial charge in [-0.25, -0.2) is 9.97 Å². The maximum Gasteiger partial charge on any atom is 0.145 e. The zero-order valence-corrected chi connectivity index (χ0v) is 15.3. The van der Waals surface area contributed by atoms with Crippen molar-refractivity contribution < 1.29 is 10.2 Å². The second-order valence-electron chi connectivity index (χ2n) is 5.46. The van der Waals surface area contributed by atoms with Crippen LogP contribution in [0.5, 0.6) is 0 Å². The largest absolute Gasteiger partial charge is 0.382 e. The summed E-state index contributed by atoms with van der Waals surface area (Å²) in [6.45, 7) is 0. The summed E-state index contributed by atoms with van der Waals surface area (Å²) < 4.78 is 1.81. The van der Waals surface area contributed by atoms with Crippen LogP contribution in [0.4, 0.5) is 0 Å². The molecule has 24 heavy (non-hydrogen) atoms. The first-order valence-corrected chi connectivity index (χ1v) is 8.76. The van der Waals surface area contributed by atoms with Gasteiger partial charge in [-0.1, -0.05) is 31.9 Å². The third-order valence-corrected chi connectivity index (χ3v) is 4.77. The molecule has 0 spiro atoms. The van der Waals surface area contributed by atoms with E-state index in [1.54, 1.807) is 0 Å². The lowest BCUT2D eigenvalue weighted by molar-refractivity contribution is 0.00780. The van der Waals surface area contributed by atoms with Crippen LogP contribution in [-0.2, 0) is 0 Å². The molecule has 4 N–H and O–H groups in total. The SMILES string of the molecule is O[C@H](c1nc2ccc(Br)cc2[nH]1)[C@H](O)c1nc2ccc(Br)cc2[nH]1. The quantitative estimate of drug-likeness (QED) is 0.381. The topological polar surface area (TPSA) is 97.8 Å². The van der Waals surface area contributed by atoms with Crippen molar-refractivity contribution in [3.05, 3.63) is 57.0 Å². The highest BCUT2D eigenvalue weighted by molar-refractivity contribution is 9.10. The highest BCUT2D eigenvalue weighted by atomic mass is 79.9. The molecule has 0 saturated carbocycles. The molecular formula is C16H12Br2N4O2. The second kappa shape index (κ2) is 5.96. The molecule has 0 amide bonds. The van der Waals surface area contributed by atoms with E-state index in [9.17, 15) is 10.2 Å². The van der Waals surface area contributed by atoms with Crippen molar-refractivity contribution in [2.75, 3.05) is 0 Å². The summed E-state index contributed by atoms with van der Waals surface area (Å²) >= 11 is 6.78. The van der Waals surface area contributed by atoms with E-state index in [1.165, 1.54) is 0 Å². The number of nitrogens with zero attached hydrogens (tertiary/aromatic N) is 2. The normalized spacial score (nSPS) is 14.3. The molecule has 0 aliphatic heterocycles. The number of aliphatic hydroxyl groups is 2. The number of fused-ring (bicyclic) bond motifs is 2. The zero-order valence-electron chi connectivity index (χ0n) is 12.2. The van der Waals surface area contributed by atoms with Gasteiger partial charge in [0.05, 0.1) is 22.1 Å². The number of nitrogens with one attached hydrogen (secondary N) is 2. The van der Waals surface area contributed by atoms with E-state index in [1.807, 2.05) is 36.4 Å². The molecule has 2 aromatic carbocycles. The molecule has 4 aromatic rings. The Hall–Kier alpha value is -1.74. The summed E-state index contributed by atoms with van der Waals surface area (Å²) in [6.07, 6.45) is -2.44. The predicted molar refractivity (Wildman–Crippen MR) is 97.5 cm³/mol. The van der Waals surface area contributed by atoms with E-state index >= 15 is 0 Å². The van der Waals surface area contributed by atoms with Gasteiger partial charge in [0.2, 0.25) is 0 Å². The molecule has 0 saturated heterocycles. The predicted octanol–water partition coefficient (Wildman–Crippen LogP) is 3.73. The van der Waals surface area contributed by atoms with Crippen LogP contribution in [0.3, 0.4) is 0 Å². The number of hydrogen-bond acceptors (Lipinski definition) is 4. The molecule has 6 nitrogen and oxygen atoms in total. The van der Waals surface area contributed by atoms with E-state index in [0.717, 1.165) is 20.0 Å². The van der Waals surface area contributed by atoms with Crippen LogP contribution in [0.15, 0.2) is 45.3 Å². The minimum Gasteiger partial charge on any atom is -0.382 e. The fourth-order valence-electron chi connectivity index (χ4n) is 2.58. The fourth-order valence-corrected chi connectivity index (χ4v) is 3.30.